The van der Waals surface area contributed by atoms with Crippen LogP contribution in [0.15, 0.2) is 0 Å². The number of rotatable bonds is 12. The second kappa shape index (κ2) is 10.2. The van der Waals surface area contributed by atoms with Crippen molar-refractivity contribution < 1.29 is 8.85 Å². The maximum atomic E-state index is 7.06. The molecule has 31 heavy (non-hydrogen) atoms. The molecule has 2 saturated carbocycles. The number of hydrogen-bond acceptors (Lipinski definition) is 2. The van der Waals surface area contributed by atoms with Gasteiger partial charge in [-0.05, 0) is 86.9 Å². The van der Waals surface area contributed by atoms with Gasteiger partial charge in [-0.25, -0.2) is 0 Å². The van der Waals surface area contributed by atoms with Gasteiger partial charge in [0.2, 0.25) is 0 Å². The van der Waals surface area contributed by atoms with Crippen molar-refractivity contribution in [1.82, 2.24) is 0 Å². The Morgan fingerprint density at radius 3 is 1.10 bits per heavy atom. The topological polar surface area (TPSA) is 18.5 Å². The molecule has 0 N–H and O–H groups in total. The van der Waals surface area contributed by atoms with Gasteiger partial charge in [-0.3, -0.25) is 0 Å². The van der Waals surface area contributed by atoms with Crippen LogP contribution in [-0.2, 0) is 8.85 Å². The molecule has 2 rings (SSSR count). The van der Waals surface area contributed by atoms with Crippen LogP contribution in [0.5, 0.6) is 0 Å². The van der Waals surface area contributed by atoms with E-state index in [1.54, 1.807) is 0 Å². The summed E-state index contributed by atoms with van der Waals surface area (Å²) in [7, 11) is 1.45. The van der Waals surface area contributed by atoms with E-state index in [9.17, 15) is 0 Å². The molecular formula is C28H56O2Si. The fourth-order valence-corrected chi connectivity index (χ4v) is 17.7. The molecule has 4 unspecified atom stereocenters. The molecule has 0 aromatic carbocycles. The van der Waals surface area contributed by atoms with Gasteiger partial charge in [0.15, 0.2) is 0 Å². The van der Waals surface area contributed by atoms with E-state index < -0.39 is 8.56 Å². The first-order valence-electron chi connectivity index (χ1n) is 13.9. The van der Waals surface area contributed by atoms with E-state index >= 15 is 0 Å². The third-order valence-electron chi connectivity index (χ3n) is 11.9. The van der Waals surface area contributed by atoms with Gasteiger partial charge < -0.3 is 8.85 Å². The van der Waals surface area contributed by atoms with Crippen molar-refractivity contribution in [3.8, 4) is 0 Å². The molecule has 0 aromatic rings. The molecule has 0 bridgehead atoms. The van der Waals surface area contributed by atoms with Crippen molar-refractivity contribution in [2.45, 2.75) is 143 Å². The minimum atomic E-state index is -2.65. The Morgan fingerprint density at radius 1 is 0.581 bits per heavy atom. The molecule has 3 heteroatoms. The average Bonchev–Trinajstić information content (AvgIpc) is 3.34. The molecule has 2 aliphatic rings. The Kier molecular flexibility index (Phi) is 8.99. The summed E-state index contributed by atoms with van der Waals surface area (Å²) in [5.41, 5.74) is 0.683. The lowest BCUT2D eigenvalue weighted by Gasteiger charge is -2.65. The third-order valence-corrected chi connectivity index (χ3v) is 17.7. The molecule has 2 nitrogen and oxygen atoms in total. The van der Waals surface area contributed by atoms with Crippen LogP contribution in [0, 0.1) is 22.7 Å². The Morgan fingerprint density at radius 2 is 0.903 bits per heavy atom. The van der Waals surface area contributed by atoms with E-state index in [0.29, 0.717) is 10.8 Å². The van der Waals surface area contributed by atoms with E-state index in [4.69, 9.17) is 8.85 Å². The van der Waals surface area contributed by atoms with E-state index in [2.05, 4.69) is 69.6 Å². The quantitative estimate of drug-likeness (QED) is 0.275. The van der Waals surface area contributed by atoms with Crippen LogP contribution in [0.4, 0.5) is 0 Å². The molecule has 0 aromatic heterocycles. The fourth-order valence-electron chi connectivity index (χ4n) is 10.7. The monoisotopic (exact) mass is 452 g/mol. The Hall–Kier alpha value is 0.137. The van der Waals surface area contributed by atoms with Crippen LogP contribution < -0.4 is 0 Å². The minimum absolute atomic E-state index is 0.196. The van der Waals surface area contributed by atoms with Crippen LogP contribution in [0.1, 0.15) is 132 Å². The first kappa shape index (κ1) is 27.4. The summed E-state index contributed by atoms with van der Waals surface area (Å²) in [4.78, 5) is 0. The molecule has 4 atom stereocenters. The van der Waals surface area contributed by atoms with Gasteiger partial charge in [0.05, 0.1) is 0 Å². The Balaban J connectivity index is 2.93. The van der Waals surface area contributed by atoms with Crippen LogP contribution in [0.25, 0.3) is 0 Å². The first-order chi connectivity index (χ1) is 14.8. The summed E-state index contributed by atoms with van der Waals surface area (Å²) in [5, 5.41) is 0.393. The average molecular weight is 453 g/mol. The molecule has 2 aliphatic carbocycles. The normalized spacial score (nSPS) is 35.0. The predicted octanol–water partition coefficient (Wildman–Crippen LogP) is 9.28. The van der Waals surface area contributed by atoms with E-state index in [0.717, 1.165) is 11.8 Å². The predicted molar refractivity (Wildman–Crippen MR) is 138 cm³/mol. The molecule has 0 amide bonds. The van der Waals surface area contributed by atoms with Gasteiger partial charge in [-0.2, -0.15) is 0 Å². The minimum Gasteiger partial charge on any atom is -0.397 e. The van der Waals surface area contributed by atoms with Crippen molar-refractivity contribution in [1.29, 1.82) is 0 Å². The van der Waals surface area contributed by atoms with Gasteiger partial charge in [-0.1, -0.05) is 68.2 Å². The summed E-state index contributed by atoms with van der Waals surface area (Å²) in [6, 6.07) is 0. The Labute approximate surface area is 196 Å². The summed E-state index contributed by atoms with van der Waals surface area (Å²) >= 11 is 0. The van der Waals surface area contributed by atoms with Crippen molar-refractivity contribution in [2.24, 2.45) is 22.7 Å². The van der Waals surface area contributed by atoms with E-state index in [1.165, 1.54) is 77.0 Å². The lowest BCUT2D eigenvalue weighted by Crippen LogP contribution is -2.68. The lowest BCUT2D eigenvalue weighted by atomic mass is 9.65. The molecule has 0 spiro atoms. The van der Waals surface area contributed by atoms with Gasteiger partial charge in [0, 0.05) is 24.3 Å². The Bertz CT molecular complexity index is 517. The SMILES string of the molecule is CCC1CCC(CC)([Si](OC)(OC)C2(CC)CCC(CC)C2(CC)CC)C1(CC)CC. The van der Waals surface area contributed by atoms with E-state index in [-0.39, 0.29) is 10.1 Å². The second-order valence-corrected chi connectivity index (χ2v) is 14.9. The molecule has 0 heterocycles. The summed E-state index contributed by atoms with van der Waals surface area (Å²) in [6.07, 6.45) is 15.4. The largest absolute Gasteiger partial charge is 0.397 e. The summed E-state index contributed by atoms with van der Waals surface area (Å²) in [5.74, 6) is 1.60. The molecule has 2 fully saturated rings. The third kappa shape index (κ3) is 3.07. The van der Waals surface area contributed by atoms with E-state index in [1.807, 2.05) is 0 Å². The van der Waals surface area contributed by atoms with Gasteiger partial charge >= 0.3 is 8.56 Å². The highest BCUT2D eigenvalue weighted by Gasteiger charge is 2.79. The highest BCUT2D eigenvalue weighted by molar-refractivity contribution is 6.74. The lowest BCUT2D eigenvalue weighted by molar-refractivity contribution is 0.0224. The molecular weight excluding hydrogens is 396 g/mol. The summed E-state index contributed by atoms with van der Waals surface area (Å²) < 4.78 is 14.1. The molecule has 184 valence electrons. The highest BCUT2D eigenvalue weighted by Crippen LogP contribution is 2.81. The zero-order chi connectivity index (χ0) is 23.6. The maximum absolute atomic E-state index is 7.06. The first-order valence-corrected chi connectivity index (χ1v) is 15.7. The molecule has 0 radical (unpaired) electrons. The standard InChI is InChI=1S/C28H56O2Si/c1-11-23-19-21-27(17-7,25(23,13-3)14-4)31(29-9,30-10)28(18-8)22-20-24(12-2)26(28,15-5)16-6/h23-24H,11-22H2,1-10H3. The zero-order valence-corrected chi connectivity index (χ0v) is 24.0. The molecule has 0 aliphatic heterocycles. The van der Waals surface area contributed by atoms with Crippen LogP contribution in [-0.4, -0.2) is 22.8 Å². The number of hydrogen-bond donors (Lipinski definition) is 0. The smallest absolute Gasteiger partial charge is 0.351 e. The van der Waals surface area contributed by atoms with Gasteiger partial charge in [-0.15, -0.1) is 0 Å². The van der Waals surface area contributed by atoms with Crippen LogP contribution in [0.2, 0.25) is 10.1 Å². The molecule has 0 saturated heterocycles. The van der Waals surface area contributed by atoms with Crippen LogP contribution >= 0.6 is 0 Å². The zero-order valence-electron chi connectivity index (χ0n) is 23.0. The van der Waals surface area contributed by atoms with Crippen molar-refractivity contribution in [3.63, 3.8) is 0 Å². The van der Waals surface area contributed by atoms with Crippen molar-refractivity contribution >= 4 is 8.56 Å². The maximum Gasteiger partial charge on any atom is 0.351 e. The second-order valence-electron chi connectivity index (χ2n) is 10.9. The van der Waals surface area contributed by atoms with Crippen molar-refractivity contribution in [2.75, 3.05) is 14.2 Å². The fraction of sp³-hybridized carbons (Fsp3) is 1.00. The van der Waals surface area contributed by atoms with Gasteiger partial charge in [0.25, 0.3) is 0 Å². The summed E-state index contributed by atoms with van der Waals surface area (Å²) in [6.45, 7) is 19.7. The highest BCUT2D eigenvalue weighted by atomic mass is 28.4. The van der Waals surface area contributed by atoms with Gasteiger partial charge in [0.1, 0.15) is 0 Å². The van der Waals surface area contributed by atoms with Crippen LogP contribution in [0.3, 0.4) is 0 Å². The van der Waals surface area contributed by atoms with Crippen molar-refractivity contribution in [3.05, 3.63) is 0 Å².